The first kappa shape index (κ1) is 27.2. The van der Waals surface area contributed by atoms with E-state index in [1.54, 1.807) is 0 Å². The fourth-order valence-electron chi connectivity index (χ4n) is 0. The van der Waals surface area contributed by atoms with Crippen molar-refractivity contribution in [3.8, 4) is 0 Å². The van der Waals surface area contributed by atoms with E-state index in [-0.39, 0.29) is 97.3 Å². The average Bonchev–Trinajstić information content (AvgIpc) is 0. The maximum atomic E-state index is 0. The number of hydrogen-bond donors (Lipinski definition) is 0. The summed E-state index contributed by atoms with van der Waals surface area (Å²) in [5.41, 5.74) is 0. The molecule has 0 nitrogen and oxygen atoms in total. The minimum atomic E-state index is 0. The second kappa shape index (κ2) is 16.4. The molecule has 4 heavy (non-hydrogen) atoms. The van der Waals surface area contributed by atoms with E-state index in [4.69, 9.17) is 0 Å². The van der Waals surface area contributed by atoms with Crippen LogP contribution < -0.4 is 0 Å². The van der Waals surface area contributed by atoms with Crippen molar-refractivity contribution in [1.29, 1.82) is 0 Å². The van der Waals surface area contributed by atoms with Gasteiger partial charge >= 0.3 is 0 Å². The van der Waals surface area contributed by atoms with E-state index in [1.165, 1.54) is 0 Å². The molecule has 4 heteroatoms. The summed E-state index contributed by atoms with van der Waals surface area (Å²) in [4.78, 5) is 0. The third kappa shape index (κ3) is 8.95. The van der Waals surface area contributed by atoms with Crippen LogP contribution in [0.15, 0.2) is 0 Å². The smallest absolute Gasteiger partial charge is 0 e. The van der Waals surface area contributed by atoms with Gasteiger partial charge in [-0.05, 0) is 0 Å². The molecule has 13 valence electrons. The van der Waals surface area contributed by atoms with E-state index >= 15 is 0 Å². The Hall–Kier alpha value is 3.17. The summed E-state index contributed by atoms with van der Waals surface area (Å²) in [5, 5.41) is 0. The molecule has 5 radical (unpaired) electrons. The van der Waals surface area contributed by atoms with Crippen LogP contribution in [0.2, 0.25) is 0 Å². The van der Waals surface area contributed by atoms with Crippen LogP contribution in [-0.2, 0) is 36.5 Å². The van der Waals surface area contributed by atoms with E-state index in [1.807, 2.05) is 0 Å². The van der Waals surface area contributed by atoms with E-state index in [9.17, 15) is 0 Å². The van der Waals surface area contributed by atoms with Crippen molar-refractivity contribution in [2.45, 2.75) is 0 Å². The summed E-state index contributed by atoms with van der Waals surface area (Å²) in [6.07, 6.45) is 0. The molecule has 0 rings (SSSR count). The van der Waals surface area contributed by atoms with Gasteiger partial charge in [-0.2, -0.15) is 0 Å². The normalized spacial score (nSPS) is 0. The Labute approximate surface area is 95.2 Å². The SMILES string of the molecule is [Ca].[Mg].[Mn].[Zn]. The van der Waals surface area contributed by atoms with Crippen molar-refractivity contribution in [3.05, 3.63) is 0 Å². The number of hydrogen-bond acceptors (Lipinski definition) is 0. The van der Waals surface area contributed by atoms with E-state index < -0.39 is 0 Å². The van der Waals surface area contributed by atoms with Gasteiger partial charge in [-0.3, -0.25) is 0 Å². The Bertz CT molecular complexity index is 8.00. The Morgan fingerprint density at radius 2 is 1.00 bits per heavy atom. The molecule has 0 aromatic rings. The summed E-state index contributed by atoms with van der Waals surface area (Å²) in [5.74, 6) is 0. The molecule has 0 aliphatic carbocycles. The fourth-order valence-corrected chi connectivity index (χ4v) is 0. The topological polar surface area (TPSA) is 0 Å². The van der Waals surface area contributed by atoms with Crippen LogP contribution in [0.5, 0.6) is 0 Å². The van der Waals surface area contributed by atoms with Crippen molar-refractivity contribution < 1.29 is 36.5 Å². The van der Waals surface area contributed by atoms with Crippen LogP contribution >= 0.6 is 0 Å². The minimum Gasteiger partial charge on any atom is 0 e. The molecule has 0 spiro atoms. The maximum absolute atomic E-state index is 0. The van der Waals surface area contributed by atoms with Crippen LogP contribution in [-0.4, -0.2) is 60.8 Å². The van der Waals surface area contributed by atoms with Crippen molar-refractivity contribution in [2.24, 2.45) is 0 Å². The third-order valence-electron chi connectivity index (χ3n) is 0. The van der Waals surface area contributed by atoms with Gasteiger partial charge in [-0.1, -0.05) is 0 Å². The van der Waals surface area contributed by atoms with Gasteiger partial charge in [0.15, 0.2) is 0 Å². The van der Waals surface area contributed by atoms with Gasteiger partial charge in [0.25, 0.3) is 0 Å². The van der Waals surface area contributed by atoms with Gasteiger partial charge in [0.05, 0.1) is 0 Å². The van der Waals surface area contributed by atoms with Crippen molar-refractivity contribution in [3.63, 3.8) is 0 Å². The molecule has 0 heterocycles. The van der Waals surface area contributed by atoms with Crippen LogP contribution in [0.25, 0.3) is 0 Å². The minimum absolute atomic E-state index is 0. The Morgan fingerprint density at radius 3 is 1.00 bits per heavy atom. The second-order valence-electron chi connectivity index (χ2n) is 0. The van der Waals surface area contributed by atoms with Gasteiger partial charge in [-0.15, -0.1) is 0 Å². The van der Waals surface area contributed by atoms with Crippen LogP contribution in [0.4, 0.5) is 0 Å². The molecule has 0 aliphatic heterocycles. The van der Waals surface area contributed by atoms with Gasteiger partial charge in [0.1, 0.15) is 0 Å². The zero-order chi connectivity index (χ0) is 0. The largest absolute Gasteiger partial charge is 0 e. The summed E-state index contributed by atoms with van der Waals surface area (Å²) in [6, 6.07) is 0. The molecule has 0 atom stereocenters. The zero-order valence-electron chi connectivity index (χ0n) is 2.50. The average molecular weight is 185 g/mol. The fraction of sp³-hybridized carbons (Fsp3) is 0. The third-order valence-corrected chi connectivity index (χ3v) is 0. The van der Waals surface area contributed by atoms with E-state index in [0.717, 1.165) is 0 Å². The van der Waals surface area contributed by atoms with Gasteiger partial charge < -0.3 is 0 Å². The predicted octanol–water partition coefficient (Wildman–Crippen LogP) is -0.767. The Kier molecular flexibility index (Phi) is 111. The van der Waals surface area contributed by atoms with Crippen LogP contribution in [0, 0.1) is 0 Å². The summed E-state index contributed by atoms with van der Waals surface area (Å²) in [6.45, 7) is 0. The molecule has 0 bridgehead atoms. The number of rotatable bonds is 0. The van der Waals surface area contributed by atoms with Crippen molar-refractivity contribution in [2.75, 3.05) is 0 Å². The van der Waals surface area contributed by atoms with Gasteiger partial charge in [0.2, 0.25) is 0 Å². The molecule has 0 aliphatic rings. The zero-order valence-corrected chi connectivity index (χ0v) is 10.3. The molecule has 0 unspecified atom stereocenters. The van der Waals surface area contributed by atoms with Crippen molar-refractivity contribution in [1.82, 2.24) is 0 Å². The molecule has 0 amide bonds. The first-order valence-corrected chi connectivity index (χ1v) is 0. The van der Waals surface area contributed by atoms with Crippen LogP contribution in [0.3, 0.4) is 0 Å². The summed E-state index contributed by atoms with van der Waals surface area (Å²) in [7, 11) is 0. The quantitative estimate of drug-likeness (QED) is 0.434. The standard InChI is InChI=1S/Ca.Mg.Mn.Zn. The molecule has 0 aromatic heterocycles. The molecular formula is CaMgMnZn. The monoisotopic (exact) mass is 183 g/mol. The van der Waals surface area contributed by atoms with E-state index in [2.05, 4.69) is 0 Å². The second-order valence-corrected chi connectivity index (χ2v) is 0. The van der Waals surface area contributed by atoms with Crippen molar-refractivity contribution >= 4 is 60.8 Å². The first-order valence-electron chi connectivity index (χ1n) is 0. The Balaban J connectivity index is 0. The molecule has 0 N–H and O–H groups in total. The predicted molar refractivity (Wildman–Crippen MR) is 11.5 cm³/mol. The maximum Gasteiger partial charge on any atom is 0 e. The van der Waals surface area contributed by atoms with Gasteiger partial charge in [-0.25, -0.2) is 0 Å². The molecular weight excluding hydrogens is 185 g/mol. The molecule has 0 saturated carbocycles. The Morgan fingerprint density at radius 1 is 1.00 bits per heavy atom. The van der Waals surface area contributed by atoms with E-state index in [0.29, 0.717) is 0 Å². The summed E-state index contributed by atoms with van der Waals surface area (Å²) < 4.78 is 0. The molecule has 0 aromatic carbocycles. The first-order chi connectivity index (χ1) is 0. The molecule has 0 fully saturated rings. The summed E-state index contributed by atoms with van der Waals surface area (Å²) >= 11 is 0. The van der Waals surface area contributed by atoms with Gasteiger partial charge in [0, 0.05) is 97.3 Å². The molecule has 0 saturated heterocycles. The van der Waals surface area contributed by atoms with Crippen LogP contribution in [0.1, 0.15) is 0 Å².